The number of benzene rings is 1. The number of carbonyl (C=O) groups excluding carboxylic acids is 4. The van der Waals surface area contributed by atoms with Crippen LogP contribution in [0, 0.1) is 30.6 Å². The molecule has 1 aromatic carbocycles. The van der Waals surface area contributed by atoms with E-state index >= 15 is 0 Å². The molecule has 0 spiro atoms. The van der Waals surface area contributed by atoms with Gasteiger partial charge < -0.3 is 10.1 Å². The molecule has 2 aliphatic carbocycles. The molecule has 1 aromatic rings. The molecule has 1 saturated heterocycles. The van der Waals surface area contributed by atoms with Crippen LogP contribution in [0.2, 0.25) is 5.02 Å². The van der Waals surface area contributed by atoms with Gasteiger partial charge in [-0.2, -0.15) is 0 Å². The third-order valence-electron chi connectivity index (χ3n) is 6.60. The summed E-state index contributed by atoms with van der Waals surface area (Å²) >= 11 is 16.7. The van der Waals surface area contributed by atoms with Gasteiger partial charge in [-0.3, -0.25) is 24.1 Å². The van der Waals surface area contributed by atoms with Crippen molar-refractivity contribution in [1.29, 1.82) is 0 Å². The summed E-state index contributed by atoms with van der Waals surface area (Å²) in [5.74, 6) is -1.94. The van der Waals surface area contributed by atoms with Gasteiger partial charge in [0, 0.05) is 26.4 Å². The first-order chi connectivity index (χ1) is 15.1. The normalized spacial score (nSPS) is 30.6. The van der Waals surface area contributed by atoms with Crippen LogP contribution in [-0.4, -0.2) is 51.4 Å². The van der Waals surface area contributed by atoms with E-state index in [0.29, 0.717) is 20.7 Å². The number of anilines is 1. The molecule has 1 aliphatic heterocycles. The van der Waals surface area contributed by atoms with Gasteiger partial charge in [-0.05, 0) is 58.8 Å². The zero-order chi connectivity index (χ0) is 23.3. The van der Waals surface area contributed by atoms with E-state index in [1.54, 1.807) is 19.1 Å². The Morgan fingerprint density at radius 1 is 1.16 bits per heavy atom. The van der Waals surface area contributed by atoms with Gasteiger partial charge >= 0.3 is 5.97 Å². The predicted molar refractivity (Wildman–Crippen MR) is 129 cm³/mol. The first-order valence-electron chi connectivity index (χ1n) is 10.1. The van der Waals surface area contributed by atoms with Gasteiger partial charge in [-0.25, -0.2) is 0 Å². The Hall–Kier alpha value is -0.970. The van der Waals surface area contributed by atoms with Crippen LogP contribution in [0.15, 0.2) is 16.6 Å². The second-order valence-electron chi connectivity index (χ2n) is 8.32. The summed E-state index contributed by atoms with van der Waals surface area (Å²) in [5.41, 5.74) is 1.20. The molecule has 172 valence electrons. The van der Waals surface area contributed by atoms with Gasteiger partial charge in [0.05, 0.1) is 23.3 Å². The Labute approximate surface area is 215 Å². The van der Waals surface area contributed by atoms with E-state index in [4.69, 9.17) is 16.3 Å². The third-order valence-corrected chi connectivity index (χ3v) is 11.2. The molecule has 7 nitrogen and oxygen atoms in total. The minimum atomic E-state index is -0.650. The molecule has 4 rings (SSSR count). The minimum absolute atomic E-state index is 0.0358. The summed E-state index contributed by atoms with van der Waals surface area (Å²) in [4.78, 5) is 51.5. The number of fused-ring (bicyclic) bond motifs is 5. The predicted octanol–water partition coefficient (Wildman–Crippen LogP) is 4.06. The summed E-state index contributed by atoms with van der Waals surface area (Å²) in [6, 6.07) is 3.40. The topological polar surface area (TPSA) is 92.8 Å². The number of amides is 3. The van der Waals surface area contributed by atoms with Gasteiger partial charge in [0.25, 0.3) is 5.91 Å². The van der Waals surface area contributed by atoms with Crippen LogP contribution in [0.25, 0.3) is 0 Å². The lowest BCUT2D eigenvalue weighted by atomic mass is 9.81. The van der Waals surface area contributed by atoms with Crippen molar-refractivity contribution < 1.29 is 23.9 Å². The van der Waals surface area contributed by atoms with Gasteiger partial charge in [-0.1, -0.05) is 43.5 Å². The van der Waals surface area contributed by atoms with Crippen molar-refractivity contribution in [3.8, 4) is 0 Å². The Morgan fingerprint density at radius 3 is 2.34 bits per heavy atom. The first-order valence-corrected chi connectivity index (χ1v) is 13.2. The van der Waals surface area contributed by atoms with E-state index < -0.39 is 18.5 Å². The summed E-state index contributed by atoms with van der Waals surface area (Å²) in [6.07, 6.45) is 0.699. The molecule has 0 unspecified atom stereocenters. The fraction of sp³-hybridized carbons (Fsp3) is 0.524. The lowest BCUT2D eigenvalue weighted by Gasteiger charge is -2.28. The van der Waals surface area contributed by atoms with Crippen molar-refractivity contribution in [2.45, 2.75) is 29.4 Å². The fourth-order valence-corrected chi connectivity index (χ4v) is 7.49. The highest BCUT2D eigenvalue weighted by atomic mass is 79.9. The zero-order valence-corrected chi connectivity index (χ0v) is 22.5. The Kier molecular flexibility index (Phi) is 7.06. The molecule has 11 heteroatoms. The van der Waals surface area contributed by atoms with E-state index in [1.165, 1.54) is 4.90 Å². The van der Waals surface area contributed by atoms with Crippen molar-refractivity contribution in [2.24, 2.45) is 23.7 Å². The number of esters is 1. The second kappa shape index (κ2) is 9.35. The number of imide groups is 1. The second-order valence-corrected chi connectivity index (χ2v) is 11.7. The van der Waals surface area contributed by atoms with Gasteiger partial charge in [0.15, 0.2) is 6.61 Å². The number of carbonyl (C=O) groups is 4. The average Bonchev–Trinajstić information content (AvgIpc) is 3.36. The number of alkyl halides is 2. The number of hydrogen-bond donors (Lipinski definition) is 1. The molecule has 0 radical (unpaired) electrons. The maximum atomic E-state index is 12.8. The van der Waals surface area contributed by atoms with E-state index in [9.17, 15) is 19.2 Å². The maximum absolute atomic E-state index is 12.8. The summed E-state index contributed by atoms with van der Waals surface area (Å²) < 4.78 is 5.74. The molecular weight excluding hydrogens is 635 g/mol. The van der Waals surface area contributed by atoms with Crippen LogP contribution in [0.5, 0.6) is 0 Å². The molecule has 6 atom stereocenters. The van der Waals surface area contributed by atoms with Crippen LogP contribution < -0.4 is 5.32 Å². The average molecular weight is 656 g/mol. The van der Waals surface area contributed by atoms with Gasteiger partial charge in [-0.15, -0.1) is 0 Å². The Balaban J connectivity index is 1.27. The molecule has 3 aliphatic rings. The molecule has 0 aromatic heterocycles. The SMILES string of the molecule is Cc1c(NC(=O)COC(=O)CCN2C(=O)[C@@H]3[C@H]4C[C@@H]([C@H](Br)[C@H]4Br)[C@H]3C2=O)ccc(Br)c1Cl. The number of rotatable bonds is 6. The quantitative estimate of drug-likeness (QED) is 0.284. The summed E-state index contributed by atoms with van der Waals surface area (Å²) in [7, 11) is 0. The van der Waals surface area contributed by atoms with Crippen molar-refractivity contribution in [2.75, 3.05) is 18.5 Å². The van der Waals surface area contributed by atoms with E-state index in [1.807, 2.05) is 0 Å². The van der Waals surface area contributed by atoms with Crippen LogP contribution >= 0.6 is 59.4 Å². The van der Waals surface area contributed by atoms with Crippen molar-refractivity contribution in [3.05, 3.63) is 27.2 Å². The molecule has 2 saturated carbocycles. The third kappa shape index (κ3) is 4.16. The van der Waals surface area contributed by atoms with Crippen molar-refractivity contribution in [1.82, 2.24) is 4.90 Å². The number of nitrogens with zero attached hydrogens (tertiary/aromatic N) is 1. The lowest BCUT2D eigenvalue weighted by molar-refractivity contribution is -0.149. The van der Waals surface area contributed by atoms with Crippen LogP contribution in [-0.2, 0) is 23.9 Å². The molecule has 3 amide bonds. The molecule has 1 N–H and O–H groups in total. The first kappa shape index (κ1) is 24.2. The lowest BCUT2D eigenvalue weighted by Crippen LogP contribution is -2.37. The van der Waals surface area contributed by atoms with E-state index in [2.05, 4.69) is 53.1 Å². The van der Waals surface area contributed by atoms with Crippen molar-refractivity contribution >= 4 is 88.8 Å². The Morgan fingerprint density at radius 2 is 1.75 bits per heavy atom. The highest BCUT2D eigenvalue weighted by molar-refractivity contribution is 9.12. The summed E-state index contributed by atoms with van der Waals surface area (Å²) in [5, 5.41) is 3.13. The number of halogens is 4. The zero-order valence-electron chi connectivity index (χ0n) is 16.9. The molecule has 32 heavy (non-hydrogen) atoms. The number of likely N-dealkylation sites (tertiary alicyclic amines) is 1. The van der Waals surface area contributed by atoms with Gasteiger partial charge in [0.2, 0.25) is 11.8 Å². The maximum Gasteiger partial charge on any atom is 0.308 e. The largest absolute Gasteiger partial charge is 0.456 e. The Bertz CT molecular complexity index is 974. The highest BCUT2D eigenvalue weighted by Crippen LogP contribution is 2.60. The smallest absolute Gasteiger partial charge is 0.308 e. The molecule has 1 heterocycles. The molecular formula is C21H20Br3ClN2O5. The number of ether oxygens (including phenoxy) is 1. The minimum Gasteiger partial charge on any atom is -0.456 e. The van der Waals surface area contributed by atoms with Crippen LogP contribution in [0.1, 0.15) is 18.4 Å². The summed E-state index contributed by atoms with van der Waals surface area (Å²) in [6.45, 7) is 1.25. The fourth-order valence-electron chi connectivity index (χ4n) is 5.03. The number of hydrogen-bond acceptors (Lipinski definition) is 5. The number of nitrogens with one attached hydrogen (secondary N) is 1. The van der Waals surface area contributed by atoms with Crippen LogP contribution in [0.3, 0.4) is 0 Å². The van der Waals surface area contributed by atoms with Crippen molar-refractivity contribution in [3.63, 3.8) is 0 Å². The van der Waals surface area contributed by atoms with Crippen LogP contribution in [0.4, 0.5) is 5.69 Å². The van der Waals surface area contributed by atoms with Gasteiger partial charge in [0.1, 0.15) is 0 Å². The highest BCUT2D eigenvalue weighted by Gasteiger charge is 2.66. The molecule has 3 fully saturated rings. The monoisotopic (exact) mass is 652 g/mol. The van der Waals surface area contributed by atoms with E-state index in [0.717, 1.165) is 6.42 Å². The molecule has 2 bridgehead atoms. The van der Waals surface area contributed by atoms with E-state index in [-0.39, 0.29) is 58.1 Å². The standard InChI is InChI=1S/C21H20Br3ClN2O5/c1-8-12(3-2-11(22)19(8)25)26-13(28)7-32-14(29)4-5-27-20(30)15-9-6-10(16(15)21(27)31)18(24)17(9)23/h2-3,9-10,15-18H,4-7H2,1H3,(H,26,28)/t9-,10-,15-,16-,17+,18+/m1/s1.